The summed E-state index contributed by atoms with van der Waals surface area (Å²) < 4.78 is 4.95. The highest BCUT2D eigenvalue weighted by Crippen LogP contribution is 1.97. The summed E-state index contributed by atoms with van der Waals surface area (Å²) in [5.74, 6) is -0.119. The quantitative estimate of drug-likeness (QED) is 0.483. The SMILES string of the molecule is CCCCCNC(CC)C(=O)OCC. The molecule has 0 aromatic rings. The van der Waals surface area contributed by atoms with Crippen LogP contribution >= 0.6 is 0 Å². The first kappa shape index (κ1) is 13.4. The fourth-order valence-electron chi connectivity index (χ4n) is 1.29. The van der Waals surface area contributed by atoms with E-state index in [1.54, 1.807) is 0 Å². The molecule has 0 saturated heterocycles. The number of hydrogen-bond donors (Lipinski definition) is 1. The van der Waals surface area contributed by atoms with E-state index in [1.165, 1.54) is 12.8 Å². The van der Waals surface area contributed by atoms with Crippen LogP contribution in [0.1, 0.15) is 46.5 Å². The van der Waals surface area contributed by atoms with Crippen molar-refractivity contribution < 1.29 is 9.53 Å². The van der Waals surface area contributed by atoms with Gasteiger partial charge in [0.25, 0.3) is 0 Å². The van der Waals surface area contributed by atoms with Crippen molar-refractivity contribution >= 4 is 5.97 Å². The number of unbranched alkanes of at least 4 members (excludes halogenated alkanes) is 2. The van der Waals surface area contributed by atoms with Gasteiger partial charge in [-0.05, 0) is 26.3 Å². The van der Waals surface area contributed by atoms with Crippen molar-refractivity contribution in [2.24, 2.45) is 0 Å². The Morgan fingerprint density at radius 3 is 2.50 bits per heavy atom. The Hall–Kier alpha value is -0.570. The largest absolute Gasteiger partial charge is 0.465 e. The third-order valence-corrected chi connectivity index (χ3v) is 2.15. The van der Waals surface area contributed by atoms with Crippen LogP contribution in [0, 0.1) is 0 Å². The summed E-state index contributed by atoms with van der Waals surface area (Å²) in [4.78, 5) is 11.4. The number of hydrogen-bond acceptors (Lipinski definition) is 3. The van der Waals surface area contributed by atoms with E-state index in [4.69, 9.17) is 4.74 Å². The van der Waals surface area contributed by atoms with Crippen molar-refractivity contribution in [3.63, 3.8) is 0 Å². The summed E-state index contributed by atoms with van der Waals surface area (Å²) in [5, 5.41) is 3.21. The molecular formula is C11H23NO2. The lowest BCUT2D eigenvalue weighted by Gasteiger charge is -2.14. The first-order valence-corrected chi connectivity index (χ1v) is 5.66. The zero-order valence-corrected chi connectivity index (χ0v) is 9.64. The Kier molecular flexibility index (Phi) is 8.64. The van der Waals surface area contributed by atoms with Crippen LogP contribution in [0.15, 0.2) is 0 Å². The zero-order valence-electron chi connectivity index (χ0n) is 9.64. The molecule has 1 atom stereocenters. The van der Waals surface area contributed by atoms with Crippen LogP contribution in [-0.4, -0.2) is 25.2 Å². The second-order valence-electron chi connectivity index (χ2n) is 3.37. The van der Waals surface area contributed by atoms with Gasteiger partial charge >= 0.3 is 5.97 Å². The molecule has 0 amide bonds. The van der Waals surface area contributed by atoms with Crippen molar-refractivity contribution in [1.29, 1.82) is 0 Å². The van der Waals surface area contributed by atoms with Gasteiger partial charge in [-0.1, -0.05) is 26.7 Å². The van der Waals surface area contributed by atoms with Crippen molar-refractivity contribution in [2.75, 3.05) is 13.2 Å². The molecule has 14 heavy (non-hydrogen) atoms. The maximum absolute atomic E-state index is 11.4. The first-order chi connectivity index (χ1) is 6.76. The molecule has 0 aromatic heterocycles. The van der Waals surface area contributed by atoms with Crippen LogP contribution in [-0.2, 0) is 9.53 Å². The predicted octanol–water partition coefficient (Wildman–Crippen LogP) is 2.11. The molecule has 0 heterocycles. The van der Waals surface area contributed by atoms with Gasteiger partial charge in [-0.25, -0.2) is 0 Å². The summed E-state index contributed by atoms with van der Waals surface area (Å²) >= 11 is 0. The molecule has 1 N–H and O–H groups in total. The Bertz CT molecular complexity index is 148. The minimum atomic E-state index is -0.119. The van der Waals surface area contributed by atoms with E-state index in [2.05, 4.69) is 12.2 Å². The van der Waals surface area contributed by atoms with Crippen molar-refractivity contribution in [3.8, 4) is 0 Å². The van der Waals surface area contributed by atoms with E-state index < -0.39 is 0 Å². The molecule has 3 nitrogen and oxygen atoms in total. The average Bonchev–Trinajstić information content (AvgIpc) is 2.18. The Morgan fingerprint density at radius 1 is 1.29 bits per heavy atom. The molecule has 0 saturated carbocycles. The number of nitrogens with one attached hydrogen (secondary N) is 1. The molecule has 0 rings (SSSR count). The molecule has 0 aromatic carbocycles. The van der Waals surface area contributed by atoms with Gasteiger partial charge in [0.05, 0.1) is 6.61 Å². The smallest absolute Gasteiger partial charge is 0.323 e. The Labute approximate surface area is 87.2 Å². The number of rotatable bonds is 8. The molecule has 0 radical (unpaired) electrons. The molecule has 0 spiro atoms. The van der Waals surface area contributed by atoms with Gasteiger partial charge in [-0.3, -0.25) is 4.79 Å². The molecule has 1 unspecified atom stereocenters. The van der Waals surface area contributed by atoms with Gasteiger partial charge in [-0.2, -0.15) is 0 Å². The lowest BCUT2D eigenvalue weighted by atomic mass is 10.2. The van der Waals surface area contributed by atoms with Crippen LogP contribution in [0.3, 0.4) is 0 Å². The van der Waals surface area contributed by atoms with Gasteiger partial charge in [0.2, 0.25) is 0 Å². The highest BCUT2D eigenvalue weighted by Gasteiger charge is 2.15. The standard InChI is InChI=1S/C11H23NO2/c1-4-7-8-9-12-10(5-2)11(13)14-6-3/h10,12H,4-9H2,1-3H3. The van der Waals surface area contributed by atoms with Crippen LogP contribution in [0.5, 0.6) is 0 Å². The monoisotopic (exact) mass is 201 g/mol. The zero-order chi connectivity index (χ0) is 10.8. The Balaban J connectivity index is 3.62. The minimum absolute atomic E-state index is 0.119. The van der Waals surface area contributed by atoms with Crippen molar-refractivity contribution in [2.45, 2.75) is 52.5 Å². The van der Waals surface area contributed by atoms with Gasteiger partial charge in [-0.15, -0.1) is 0 Å². The molecule has 84 valence electrons. The van der Waals surface area contributed by atoms with Gasteiger partial charge < -0.3 is 10.1 Å². The van der Waals surface area contributed by atoms with Crippen LogP contribution < -0.4 is 5.32 Å². The number of esters is 1. The molecule has 0 fully saturated rings. The molecule has 0 aliphatic carbocycles. The fraction of sp³-hybridized carbons (Fsp3) is 0.909. The number of carbonyl (C=O) groups is 1. The predicted molar refractivity (Wildman–Crippen MR) is 58.2 cm³/mol. The normalized spacial score (nSPS) is 12.5. The first-order valence-electron chi connectivity index (χ1n) is 5.66. The maximum Gasteiger partial charge on any atom is 0.323 e. The number of carbonyl (C=O) groups excluding carboxylic acids is 1. The molecule has 0 bridgehead atoms. The van der Waals surface area contributed by atoms with Crippen LogP contribution in [0.2, 0.25) is 0 Å². The van der Waals surface area contributed by atoms with E-state index >= 15 is 0 Å². The van der Waals surface area contributed by atoms with Crippen LogP contribution in [0.4, 0.5) is 0 Å². The van der Waals surface area contributed by atoms with Crippen LogP contribution in [0.25, 0.3) is 0 Å². The molecule has 3 heteroatoms. The number of ether oxygens (including phenoxy) is 1. The van der Waals surface area contributed by atoms with E-state index in [9.17, 15) is 4.79 Å². The second kappa shape index (κ2) is 9.00. The summed E-state index contributed by atoms with van der Waals surface area (Å²) in [6.07, 6.45) is 4.35. The van der Waals surface area contributed by atoms with Gasteiger partial charge in [0, 0.05) is 0 Å². The van der Waals surface area contributed by atoms with Crippen molar-refractivity contribution in [1.82, 2.24) is 5.32 Å². The van der Waals surface area contributed by atoms with E-state index in [-0.39, 0.29) is 12.0 Å². The molecule has 0 aliphatic heterocycles. The third kappa shape index (κ3) is 5.97. The third-order valence-electron chi connectivity index (χ3n) is 2.15. The van der Waals surface area contributed by atoms with Gasteiger partial charge in [0.15, 0.2) is 0 Å². The summed E-state index contributed by atoms with van der Waals surface area (Å²) in [6.45, 7) is 7.37. The molecular weight excluding hydrogens is 178 g/mol. The maximum atomic E-state index is 11.4. The van der Waals surface area contributed by atoms with Crippen molar-refractivity contribution in [3.05, 3.63) is 0 Å². The summed E-state index contributed by atoms with van der Waals surface area (Å²) in [7, 11) is 0. The second-order valence-corrected chi connectivity index (χ2v) is 3.37. The lowest BCUT2D eigenvalue weighted by molar-refractivity contribution is -0.145. The summed E-state index contributed by atoms with van der Waals surface area (Å²) in [6, 6.07) is -0.119. The van der Waals surface area contributed by atoms with E-state index in [0.717, 1.165) is 19.4 Å². The van der Waals surface area contributed by atoms with Gasteiger partial charge in [0.1, 0.15) is 6.04 Å². The average molecular weight is 201 g/mol. The Morgan fingerprint density at radius 2 is 2.00 bits per heavy atom. The topological polar surface area (TPSA) is 38.3 Å². The van der Waals surface area contributed by atoms with E-state index in [1.807, 2.05) is 13.8 Å². The molecule has 0 aliphatic rings. The highest BCUT2D eigenvalue weighted by molar-refractivity contribution is 5.75. The minimum Gasteiger partial charge on any atom is -0.465 e. The summed E-state index contributed by atoms with van der Waals surface area (Å²) in [5.41, 5.74) is 0. The fourth-order valence-corrected chi connectivity index (χ4v) is 1.29. The van der Waals surface area contributed by atoms with E-state index in [0.29, 0.717) is 6.61 Å². The lowest BCUT2D eigenvalue weighted by Crippen LogP contribution is -2.38. The highest BCUT2D eigenvalue weighted by atomic mass is 16.5.